The van der Waals surface area contributed by atoms with Gasteiger partial charge in [0, 0.05) is 0 Å². The molecule has 0 fully saturated rings. The van der Waals surface area contributed by atoms with Gasteiger partial charge in [-0.25, -0.2) is 0 Å². The Morgan fingerprint density at radius 3 is 1.48 bits per heavy atom. The van der Waals surface area contributed by atoms with Gasteiger partial charge in [0.25, 0.3) is 0 Å². The SMILES string of the molecule is CSC(Cl)=C(NC=O)[P+](c1ccccc1)(c1ccccc1)c1ccccc1. The Morgan fingerprint density at radius 2 is 1.19 bits per heavy atom. The van der Waals surface area contributed by atoms with Gasteiger partial charge in [-0.1, -0.05) is 66.2 Å². The number of benzene rings is 3. The Hall–Kier alpha value is -2.06. The second-order valence-electron chi connectivity index (χ2n) is 5.77. The molecular formula is C22H20ClNOPS+. The van der Waals surface area contributed by atoms with E-state index in [1.807, 2.05) is 60.9 Å². The van der Waals surface area contributed by atoms with Gasteiger partial charge < -0.3 is 0 Å². The molecule has 0 unspecified atom stereocenters. The fraction of sp³-hybridized carbons (Fsp3) is 0.0455. The van der Waals surface area contributed by atoms with Crippen LogP contribution in [0.3, 0.4) is 0 Å². The minimum atomic E-state index is -2.37. The van der Waals surface area contributed by atoms with E-state index in [9.17, 15) is 4.79 Å². The van der Waals surface area contributed by atoms with Gasteiger partial charge in [0.1, 0.15) is 20.3 Å². The predicted octanol–water partition coefficient (Wildman–Crippen LogP) is 4.45. The second-order valence-corrected chi connectivity index (χ2v) is 10.5. The zero-order valence-electron chi connectivity index (χ0n) is 14.9. The minimum Gasteiger partial charge on any atom is -0.297 e. The molecule has 27 heavy (non-hydrogen) atoms. The van der Waals surface area contributed by atoms with Crippen molar-refractivity contribution in [3.05, 3.63) is 101 Å². The number of thioether (sulfide) groups is 1. The van der Waals surface area contributed by atoms with Crippen LogP contribution in [-0.4, -0.2) is 12.7 Å². The van der Waals surface area contributed by atoms with E-state index >= 15 is 0 Å². The summed E-state index contributed by atoms with van der Waals surface area (Å²) >= 11 is 8.13. The lowest BCUT2D eigenvalue weighted by Gasteiger charge is -2.29. The van der Waals surface area contributed by atoms with Gasteiger partial charge in [-0.05, 0) is 42.7 Å². The number of hydrogen-bond donors (Lipinski definition) is 1. The molecule has 5 heteroatoms. The molecule has 3 aromatic rings. The molecule has 0 saturated heterocycles. The highest BCUT2D eigenvalue weighted by molar-refractivity contribution is 8.05. The van der Waals surface area contributed by atoms with Crippen LogP contribution < -0.4 is 21.2 Å². The monoisotopic (exact) mass is 412 g/mol. The molecule has 1 N–H and O–H groups in total. The molecule has 0 bridgehead atoms. The molecule has 0 aliphatic rings. The van der Waals surface area contributed by atoms with Crippen LogP contribution in [0.25, 0.3) is 0 Å². The van der Waals surface area contributed by atoms with Crippen molar-refractivity contribution in [2.45, 2.75) is 0 Å². The van der Waals surface area contributed by atoms with E-state index in [1.165, 1.54) is 11.8 Å². The van der Waals surface area contributed by atoms with Crippen molar-refractivity contribution in [2.75, 3.05) is 6.26 Å². The average molecular weight is 413 g/mol. The molecule has 2 nitrogen and oxygen atoms in total. The molecule has 0 aliphatic carbocycles. The zero-order valence-corrected chi connectivity index (χ0v) is 17.3. The van der Waals surface area contributed by atoms with Gasteiger partial charge in [0.05, 0.1) is 0 Å². The summed E-state index contributed by atoms with van der Waals surface area (Å²) < 4.78 is 0.590. The summed E-state index contributed by atoms with van der Waals surface area (Å²) in [5.41, 5.74) is 0.760. The number of nitrogens with one attached hydrogen (secondary N) is 1. The van der Waals surface area contributed by atoms with Crippen LogP contribution in [0.5, 0.6) is 0 Å². The van der Waals surface area contributed by atoms with E-state index < -0.39 is 7.26 Å². The first kappa shape index (κ1) is 19.7. The fourth-order valence-corrected chi connectivity index (χ4v) is 8.64. The number of carbonyl (C=O) groups excluding carboxylic acids is 1. The summed E-state index contributed by atoms with van der Waals surface area (Å²) in [5, 5.41) is 6.38. The number of carbonyl (C=O) groups is 1. The van der Waals surface area contributed by atoms with E-state index in [1.54, 1.807) is 0 Å². The number of amides is 1. The molecule has 0 aromatic heterocycles. The standard InChI is InChI=1S/C22H19ClNOPS/c1-27-21(23)22(24-17-25)26(18-11-5-2-6-12-18,19-13-7-3-8-14-19)20-15-9-4-10-16-20/h2-17H,1H3/p+1. The van der Waals surface area contributed by atoms with Crippen molar-refractivity contribution in [1.82, 2.24) is 5.32 Å². The minimum absolute atomic E-state index is 0.590. The van der Waals surface area contributed by atoms with E-state index in [4.69, 9.17) is 11.6 Å². The molecular weight excluding hydrogens is 393 g/mol. The van der Waals surface area contributed by atoms with Crippen LogP contribution >= 0.6 is 30.6 Å². The highest BCUT2D eigenvalue weighted by Crippen LogP contribution is 2.63. The number of halogens is 1. The first-order valence-electron chi connectivity index (χ1n) is 8.45. The molecule has 0 saturated carbocycles. The highest BCUT2D eigenvalue weighted by atomic mass is 35.5. The first-order chi connectivity index (χ1) is 13.2. The van der Waals surface area contributed by atoms with Crippen molar-refractivity contribution in [2.24, 2.45) is 0 Å². The predicted molar refractivity (Wildman–Crippen MR) is 121 cm³/mol. The van der Waals surface area contributed by atoms with Crippen molar-refractivity contribution in [3.63, 3.8) is 0 Å². The Kier molecular flexibility index (Phi) is 6.73. The van der Waals surface area contributed by atoms with Crippen LogP contribution in [0.1, 0.15) is 0 Å². The Balaban J connectivity index is 2.49. The van der Waals surface area contributed by atoms with Gasteiger partial charge in [0.2, 0.25) is 11.8 Å². The third-order valence-corrected chi connectivity index (χ3v) is 10.1. The third-order valence-electron chi connectivity index (χ3n) is 4.33. The maximum atomic E-state index is 11.6. The Bertz CT molecular complexity index is 820. The lowest BCUT2D eigenvalue weighted by molar-refractivity contribution is -0.108. The molecule has 0 atom stereocenters. The largest absolute Gasteiger partial charge is 0.297 e. The lowest BCUT2D eigenvalue weighted by atomic mass is 10.4. The van der Waals surface area contributed by atoms with E-state index in [-0.39, 0.29) is 0 Å². The van der Waals surface area contributed by atoms with Gasteiger partial charge >= 0.3 is 0 Å². The number of hydrogen-bond acceptors (Lipinski definition) is 2. The summed E-state index contributed by atoms with van der Waals surface area (Å²) in [4.78, 5) is 11.6. The van der Waals surface area contributed by atoms with Crippen LogP contribution in [0.2, 0.25) is 0 Å². The normalized spacial score (nSPS) is 12.2. The molecule has 0 heterocycles. The molecule has 0 radical (unpaired) electrons. The lowest BCUT2D eigenvalue weighted by Crippen LogP contribution is -2.36. The maximum absolute atomic E-state index is 11.6. The van der Waals surface area contributed by atoms with Crippen molar-refractivity contribution in [1.29, 1.82) is 0 Å². The molecule has 0 aliphatic heterocycles. The van der Waals surface area contributed by atoms with Crippen molar-refractivity contribution < 1.29 is 4.79 Å². The van der Waals surface area contributed by atoms with E-state index in [0.717, 1.165) is 27.8 Å². The fourth-order valence-electron chi connectivity index (χ4n) is 3.23. The summed E-state index contributed by atoms with van der Waals surface area (Å²) in [6, 6.07) is 30.9. The van der Waals surface area contributed by atoms with Crippen molar-refractivity contribution in [3.8, 4) is 0 Å². The first-order valence-corrected chi connectivity index (χ1v) is 11.8. The van der Waals surface area contributed by atoms with Crippen LogP contribution in [0.4, 0.5) is 0 Å². The molecule has 136 valence electrons. The summed E-state index contributed by atoms with van der Waals surface area (Å²) in [7, 11) is -2.37. The van der Waals surface area contributed by atoms with Crippen LogP contribution in [-0.2, 0) is 4.79 Å². The Morgan fingerprint density at radius 1 is 0.815 bits per heavy atom. The summed E-state index contributed by atoms with van der Waals surface area (Å²) in [5.74, 6) is 0. The van der Waals surface area contributed by atoms with Gasteiger partial charge in [0.15, 0.2) is 7.26 Å². The van der Waals surface area contributed by atoms with Gasteiger partial charge in [-0.15, -0.1) is 11.8 Å². The van der Waals surface area contributed by atoms with Crippen LogP contribution in [0, 0.1) is 0 Å². The maximum Gasteiger partial charge on any atom is 0.214 e. The second kappa shape index (κ2) is 9.23. The highest BCUT2D eigenvalue weighted by Gasteiger charge is 2.51. The summed E-state index contributed by atoms with van der Waals surface area (Å²) in [6.07, 6.45) is 2.64. The van der Waals surface area contributed by atoms with Crippen LogP contribution in [0.15, 0.2) is 101 Å². The topological polar surface area (TPSA) is 29.1 Å². The van der Waals surface area contributed by atoms with Gasteiger partial charge in [-0.3, -0.25) is 10.1 Å². The molecule has 1 amide bonds. The number of rotatable bonds is 7. The molecule has 0 spiro atoms. The van der Waals surface area contributed by atoms with Crippen molar-refractivity contribution >= 4 is 52.9 Å². The van der Waals surface area contributed by atoms with E-state index in [0.29, 0.717) is 4.36 Å². The zero-order chi connectivity index (χ0) is 19.1. The van der Waals surface area contributed by atoms with Gasteiger partial charge in [-0.2, -0.15) is 0 Å². The molecule has 3 rings (SSSR count). The van der Waals surface area contributed by atoms with E-state index in [2.05, 4.69) is 41.7 Å². The average Bonchev–Trinajstić information content (AvgIpc) is 2.75. The quantitative estimate of drug-likeness (QED) is 0.458. The Labute approximate surface area is 170 Å². The third kappa shape index (κ3) is 3.82. The smallest absolute Gasteiger partial charge is 0.214 e. The molecule has 3 aromatic carbocycles. The summed E-state index contributed by atoms with van der Waals surface area (Å²) in [6.45, 7) is 0.